The van der Waals surface area contributed by atoms with Crippen molar-refractivity contribution in [1.29, 1.82) is 0 Å². The second-order valence-corrected chi connectivity index (χ2v) is 5.05. The highest BCUT2D eigenvalue weighted by atomic mass is 79.9. The summed E-state index contributed by atoms with van der Waals surface area (Å²) in [6, 6.07) is 11.4. The summed E-state index contributed by atoms with van der Waals surface area (Å²) in [5.74, 6) is 0.479. The highest BCUT2D eigenvalue weighted by Gasteiger charge is 2.09. The molecule has 2 aromatic carbocycles. The third-order valence-corrected chi connectivity index (χ3v) is 3.61. The highest BCUT2D eigenvalue weighted by molar-refractivity contribution is 9.10. The van der Waals surface area contributed by atoms with Crippen LogP contribution in [0.25, 0.3) is 0 Å². The highest BCUT2D eigenvalue weighted by Crippen LogP contribution is 2.35. The Balaban J connectivity index is 2.12. The van der Waals surface area contributed by atoms with Gasteiger partial charge in [0.2, 0.25) is 0 Å². The van der Waals surface area contributed by atoms with E-state index in [0.29, 0.717) is 10.2 Å². The topological polar surface area (TPSA) is 53.8 Å². The van der Waals surface area contributed by atoms with E-state index in [0.717, 1.165) is 11.3 Å². The maximum Gasteiger partial charge on any atom is 0.172 e. The van der Waals surface area contributed by atoms with Gasteiger partial charge in [0.25, 0.3) is 0 Å². The van der Waals surface area contributed by atoms with Crippen LogP contribution in [0, 0.1) is 6.92 Å². The molecule has 0 aliphatic rings. The lowest BCUT2D eigenvalue weighted by Crippen LogP contribution is -1.93. The molecule has 2 aromatic rings. The van der Waals surface area contributed by atoms with Crippen LogP contribution in [0.4, 0.5) is 5.69 Å². The number of phenols is 1. The molecule has 0 aromatic heterocycles. The van der Waals surface area contributed by atoms with E-state index in [2.05, 4.69) is 26.5 Å². The number of nitrogens with zero attached hydrogens (tertiary/aromatic N) is 1. The molecule has 104 valence electrons. The molecule has 5 heteroatoms. The molecule has 0 fully saturated rings. The summed E-state index contributed by atoms with van der Waals surface area (Å²) in [4.78, 5) is 0. The molecule has 0 heterocycles. The Morgan fingerprint density at radius 3 is 2.55 bits per heavy atom. The summed E-state index contributed by atoms with van der Waals surface area (Å²) in [6.07, 6.45) is 1.63. The molecule has 0 bridgehead atoms. The lowest BCUT2D eigenvalue weighted by atomic mass is 10.2. The minimum absolute atomic E-state index is 0.0618. The number of ether oxygens (including phenoxy) is 1. The zero-order chi connectivity index (χ0) is 14.5. The average molecular weight is 335 g/mol. The summed E-state index contributed by atoms with van der Waals surface area (Å²) in [5.41, 5.74) is 5.78. The van der Waals surface area contributed by atoms with E-state index in [4.69, 9.17) is 4.74 Å². The molecule has 0 saturated carbocycles. The smallest absolute Gasteiger partial charge is 0.172 e. The minimum Gasteiger partial charge on any atom is -0.503 e. The van der Waals surface area contributed by atoms with Gasteiger partial charge in [-0.1, -0.05) is 17.7 Å². The first kappa shape index (κ1) is 14.4. The summed E-state index contributed by atoms with van der Waals surface area (Å²) in [6.45, 7) is 2.03. The van der Waals surface area contributed by atoms with Crippen molar-refractivity contribution < 1.29 is 9.84 Å². The number of benzene rings is 2. The SMILES string of the molecule is COc1ccc(C=NNc2ccc(C)cc2)c(Br)c1O. The molecular weight excluding hydrogens is 320 g/mol. The lowest BCUT2D eigenvalue weighted by molar-refractivity contribution is 0.372. The Kier molecular flexibility index (Phi) is 4.63. The minimum atomic E-state index is 0.0618. The number of hydrogen-bond acceptors (Lipinski definition) is 4. The number of hydrogen-bond donors (Lipinski definition) is 2. The van der Waals surface area contributed by atoms with Crippen molar-refractivity contribution in [3.8, 4) is 11.5 Å². The largest absolute Gasteiger partial charge is 0.503 e. The Labute approximate surface area is 126 Å². The van der Waals surface area contributed by atoms with Crippen LogP contribution in [0.5, 0.6) is 11.5 Å². The van der Waals surface area contributed by atoms with E-state index in [9.17, 15) is 5.11 Å². The van der Waals surface area contributed by atoms with Gasteiger partial charge in [0, 0.05) is 5.56 Å². The van der Waals surface area contributed by atoms with Crippen molar-refractivity contribution >= 4 is 27.8 Å². The first-order valence-corrected chi connectivity index (χ1v) is 6.82. The van der Waals surface area contributed by atoms with Crippen LogP contribution in [0.1, 0.15) is 11.1 Å². The Hall–Kier alpha value is -2.01. The van der Waals surface area contributed by atoms with Gasteiger partial charge in [-0.25, -0.2) is 0 Å². The first-order chi connectivity index (χ1) is 9.61. The summed E-state index contributed by atoms with van der Waals surface area (Å²) < 4.78 is 5.57. The number of methoxy groups -OCH3 is 1. The molecule has 0 radical (unpaired) electrons. The lowest BCUT2D eigenvalue weighted by Gasteiger charge is -2.07. The molecule has 0 saturated heterocycles. The second kappa shape index (κ2) is 6.43. The van der Waals surface area contributed by atoms with Crippen molar-refractivity contribution in [2.45, 2.75) is 6.92 Å². The summed E-state index contributed by atoms with van der Waals surface area (Å²) >= 11 is 3.32. The van der Waals surface area contributed by atoms with Crippen LogP contribution in [-0.4, -0.2) is 18.4 Å². The Morgan fingerprint density at radius 1 is 1.20 bits per heavy atom. The zero-order valence-electron chi connectivity index (χ0n) is 11.2. The molecular formula is C15H15BrN2O2. The van der Waals surface area contributed by atoms with Crippen LogP contribution in [0.2, 0.25) is 0 Å². The van der Waals surface area contributed by atoms with Crippen LogP contribution in [0.3, 0.4) is 0 Å². The molecule has 20 heavy (non-hydrogen) atoms. The third kappa shape index (κ3) is 3.30. The van der Waals surface area contributed by atoms with Crippen LogP contribution < -0.4 is 10.2 Å². The number of anilines is 1. The van der Waals surface area contributed by atoms with Gasteiger partial charge in [-0.05, 0) is 47.1 Å². The molecule has 0 atom stereocenters. The number of rotatable bonds is 4. The Bertz CT molecular complexity index is 625. The van der Waals surface area contributed by atoms with E-state index < -0.39 is 0 Å². The summed E-state index contributed by atoms with van der Waals surface area (Å²) in [7, 11) is 1.51. The van der Waals surface area contributed by atoms with E-state index >= 15 is 0 Å². The summed E-state index contributed by atoms with van der Waals surface area (Å²) in [5, 5.41) is 14.0. The van der Waals surface area contributed by atoms with Gasteiger partial charge in [0.1, 0.15) is 0 Å². The molecule has 0 amide bonds. The van der Waals surface area contributed by atoms with Crippen molar-refractivity contribution in [3.63, 3.8) is 0 Å². The van der Waals surface area contributed by atoms with Crippen molar-refractivity contribution in [2.75, 3.05) is 12.5 Å². The molecule has 2 N–H and O–H groups in total. The van der Waals surface area contributed by atoms with Gasteiger partial charge in [-0.2, -0.15) is 5.10 Å². The number of phenolic OH excluding ortho intramolecular Hbond substituents is 1. The monoisotopic (exact) mass is 334 g/mol. The molecule has 0 unspecified atom stereocenters. The van der Waals surface area contributed by atoms with Crippen molar-refractivity contribution in [3.05, 3.63) is 52.0 Å². The van der Waals surface area contributed by atoms with E-state index in [1.165, 1.54) is 12.7 Å². The second-order valence-electron chi connectivity index (χ2n) is 4.26. The quantitative estimate of drug-likeness (QED) is 0.658. The molecule has 0 aliphatic heterocycles. The van der Waals surface area contributed by atoms with Crippen LogP contribution >= 0.6 is 15.9 Å². The molecule has 2 rings (SSSR count). The van der Waals surface area contributed by atoms with Crippen LogP contribution in [0.15, 0.2) is 46.0 Å². The fraction of sp³-hybridized carbons (Fsp3) is 0.133. The third-order valence-electron chi connectivity index (χ3n) is 2.78. The zero-order valence-corrected chi connectivity index (χ0v) is 12.8. The number of halogens is 1. The fourth-order valence-corrected chi connectivity index (χ4v) is 2.06. The van der Waals surface area contributed by atoms with E-state index in [1.807, 2.05) is 37.3 Å². The maximum absolute atomic E-state index is 9.87. The molecule has 0 spiro atoms. The number of aromatic hydroxyl groups is 1. The van der Waals surface area contributed by atoms with Gasteiger partial charge in [-0.15, -0.1) is 0 Å². The van der Waals surface area contributed by atoms with E-state index in [1.54, 1.807) is 12.3 Å². The molecule has 4 nitrogen and oxygen atoms in total. The van der Waals surface area contributed by atoms with E-state index in [-0.39, 0.29) is 5.75 Å². The van der Waals surface area contributed by atoms with Crippen LogP contribution in [-0.2, 0) is 0 Å². The standard InChI is InChI=1S/C15H15BrN2O2/c1-10-3-6-12(7-4-10)18-17-9-11-5-8-13(20-2)15(19)14(11)16/h3-9,18-19H,1-2H3. The van der Waals surface area contributed by atoms with Gasteiger partial charge >= 0.3 is 0 Å². The molecule has 0 aliphatic carbocycles. The maximum atomic E-state index is 9.87. The van der Waals surface area contributed by atoms with Gasteiger partial charge in [0.15, 0.2) is 11.5 Å². The predicted octanol–water partition coefficient (Wildman–Crippen LogP) is 3.92. The van der Waals surface area contributed by atoms with Gasteiger partial charge < -0.3 is 9.84 Å². The number of aryl methyl sites for hydroxylation is 1. The van der Waals surface area contributed by atoms with Gasteiger partial charge in [-0.3, -0.25) is 5.43 Å². The first-order valence-electron chi connectivity index (χ1n) is 6.03. The van der Waals surface area contributed by atoms with Gasteiger partial charge in [0.05, 0.1) is 23.5 Å². The fourth-order valence-electron chi connectivity index (χ4n) is 1.63. The average Bonchev–Trinajstić information content (AvgIpc) is 2.46. The van der Waals surface area contributed by atoms with Crippen molar-refractivity contribution in [2.24, 2.45) is 5.10 Å². The van der Waals surface area contributed by atoms with Crippen molar-refractivity contribution in [1.82, 2.24) is 0 Å². The predicted molar refractivity (Wildman–Crippen MR) is 84.8 cm³/mol. The number of nitrogens with one attached hydrogen (secondary N) is 1. The normalized spacial score (nSPS) is 10.8. The number of hydrazone groups is 1. The Morgan fingerprint density at radius 2 is 1.90 bits per heavy atom.